The minimum atomic E-state index is -0.182. The summed E-state index contributed by atoms with van der Waals surface area (Å²) in [6, 6.07) is 7.23. The van der Waals surface area contributed by atoms with E-state index in [9.17, 15) is 4.79 Å². The first-order valence-corrected chi connectivity index (χ1v) is 6.28. The number of carbonyl (C=O) groups excluding carboxylic acids is 1. The number of anilines is 2. The number of benzene rings is 1. The van der Waals surface area contributed by atoms with Gasteiger partial charge in [-0.1, -0.05) is 6.07 Å². The first-order chi connectivity index (χ1) is 8.60. The molecule has 0 spiro atoms. The van der Waals surface area contributed by atoms with Crippen molar-refractivity contribution >= 4 is 28.6 Å². The average molecular weight is 262 g/mol. The summed E-state index contributed by atoms with van der Waals surface area (Å²) < 4.78 is 5.04. The fraction of sp³-hybridized carbons (Fsp3) is 0.154. The van der Waals surface area contributed by atoms with Crippen molar-refractivity contribution in [1.82, 2.24) is 0 Å². The lowest BCUT2D eigenvalue weighted by molar-refractivity contribution is 0.103. The predicted molar refractivity (Wildman–Crippen MR) is 74.4 cm³/mol. The van der Waals surface area contributed by atoms with Crippen LogP contribution in [0, 0.1) is 6.92 Å². The number of hydrogen-bond acceptors (Lipinski definition) is 4. The highest BCUT2D eigenvalue weighted by atomic mass is 32.1. The molecule has 1 aromatic carbocycles. The Morgan fingerprint density at radius 2 is 2.17 bits per heavy atom. The molecule has 4 nitrogen and oxygen atoms in total. The zero-order valence-electron chi connectivity index (χ0n) is 10.2. The quantitative estimate of drug-likeness (QED) is 0.836. The summed E-state index contributed by atoms with van der Waals surface area (Å²) in [7, 11) is 1.57. The molecule has 0 aliphatic heterocycles. The Hall–Kier alpha value is -2.01. The fourth-order valence-corrected chi connectivity index (χ4v) is 2.27. The van der Waals surface area contributed by atoms with Crippen molar-refractivity contribution in [3.63, 3.8) is 0 Å². The van der Waals surface area contributed by atoms with Crippen LogP contribution in [0.4, 0.5) is 11.4 Å². The minimum Gasteiger partial charge on any atom is -0.496 e. The van der Waals surface area contributed by atoms with Crippen LogP contribution in [-0.4, -0.2) is 13.0 Å². The van der Waals surface area contributed by atoms with E-state index >= 15 is 0 Å². The Balaban J connectivity index is 2.16. The number of rotatable bonds is 3. The molecule has 0 atom stereocenters. The predicted octanol–water partition coefficient (Wildman–Crippen LogP) is 2.90. The van der Waals surface area contributed by atoms with Gasteiger partial charge in [0, 0.05) is 11.4 Å². The van der Waals surface area contributed by atoms with Crippen LogP contribution in [0.15, 0.2) is 29.6 Å². The number of carbonyl (C=O) groups is 1. The van der Waals surface area contributed by atoms with Gasteiger partial charge in [0.1, 0.15) is 5.75 Å². The van der Waals surface area contributed by atoms with E-state index in [0.29, 0.717) is 22.0 Å². The van der Waals surface area contributed by atoms with Crippen molar-refractivity contribution in [1.29, 1.82) is 0 Å². The lowest BCUT2D eigenvalue weighted by Crippen LogP contribution is -2.11. The second-order valence-electron chi connectivity index (χ2n) is 3.90. The van der Waals surface area contributed by atoms with Crippen LogP contribution < -0.4 is 15.8 Å². The number of ether oxygens (including phenoxy) is 1. The molecule has 0 aliphatic carbocycles. The minimum absolute atomic E-state index is 0.182. The maximum Gasteiger partial charge on any atom is 0.265 e. The van der Waals surface area contributed by atoms with Gasteiger partial charge in [-0.15, -0.1) is 11.3 Å². The van der Waals surface area contributed by atoms with E-state index in [1.807, 2.05) is 19.1 Å². The summed E-state index contributed by atoms with van der Waals surface area (Å²) in [5.74, 6) is 0.501. The number of methoxy groups -OCH3 is 1. The number of nitrogens with two attached hydrogens (primary N) is 1. The van der Waals surface area contributed by atoms with Gasteiger partial charge in [0.05, 0.1) is 23.4 Å². The molecule has 1 amide bonds. The lowest BCUT2D eigenvalue weighted by atomic mass is 10.2. The Bertz CT molecular complexity index is 578. The van der Waals surface area contributed by atoms with E-state index in [0.717, 1.165) is 5.56 Å². The number of amides is 1. The normalized spacial score (nSPS) is 10.1. The molecule has 0 saturated heterocycles. The van der Waals surface area contributed by atoms with E-state index in [2.05, 4.69) is 5.32 Å². The third-order valence-corrected chi connectivity index (χ3v) is 3.40. The van der Waals surface area contributed by atoms with Gasteiger partial charge in [0.15, 0.2) is 0 Å². The Labute approximate surface area is 109 Å². The Kier molecular flexibility index (Phi) is 3.53. The number of aryl methyl sites for hydroxylation is 1. The number of nitrogens with one attached hydrogen (secondary N) is 1. The molecule has 0 fully saturated rings. The zero-order valence-corrected chi connectivity index (χ0v) is 11.0. The first-order valence-electron chi connectivity index (χ1n) is 5.40. The van der Waals surface area contributed by atoms with Gasteiger partial charge in [-0.3, -0.25) is 4.79 Å². The molecule has 0 radical (unpaired) electrons. The fourth-order valence-electron chi connectivity index (χ4n) is 1.52. The molecule has 94 valence electrons. The molecule has 0 aliphatic rings. The smallest absolute Gasteiger partial charge is 0.265 e. The van der Waals surface area contributed by atoms with Crippen LogP contribution in [0.3, 0.4) is 0 Å². The summed E-state index contributed by atoms with van der Waals surface area (Å²) in [6.07, 6.45) is 0. The van der Waals surface area contributed by atoms with E-state index < -0.39 is 0 Å². The first kappa shape index (κ1) is 12.4. The van der Waals surface area contributed by atoms with E-state index in [1.54, 1.807) is 24.6 Å². The molecule has 0 unspecified atom stereocenters. The van der Waals surface area contributed by atoms with Crippen molar-refractivity contribution in [3.8, 4) is 5.75 Å². The number of nitrogen functional groups attached to an aromatic ring is 1. The standard InChI is InChI=1S/C13H14N2O2S/c1-8-3-4-11(10(14)5-8)15-13(16)12-6-9(17-2)7-18-12/h3-7H,14H2,1-2H3,(H,15,16). The van der Waals surface area contributed by atoms with Gasteiger partial charge >= 0.3 is 0 Å². The molecule has 1 aromatic heterocycles. The number of thiophene rings is 1. The molecular weight excluding hydrogens is 248 g/mol. The van der Waals surface area contributed by atoms with Crippen LogP contribution in [-0.2, 0) is 0 Å². The maximum atomic E-state index is 12.0. The largest absolute Gasteiger partial charge is 0.496 e. The van der Waals surface area contributed by atoms with Crippen LogP contribution in [0.2, 0.25) is 0 Å². The second kappa shape index (κ2) is 5.10. The molecule has 0 saturated carbocycles. The summed E-state index contributed by atoms with van der Waals surface area (Å²) in [4.78, 5) is 12.6. The summed E-state index contributed by atoms with van der Waals surface area (Å²) in [5.41, 5.74) is 8.09. The van der Waals surface area contributed by atoms with E-state index in [1.165, 1.54) is 11.3 Å². The molecule has 0 bridgehead atoms. The van der Waals surface area contributed by atoms with Crippen LogP contribution >= 0.6 is 11.3 Å². The van der Waals surface area contributed by atoms with Crippen molar-refractivity contribution in [2.75, 3.05) is 18.2 Å². The zero-order chi connectivity index (χ0) is 13.1. The highest BCUT2D eigenvalue weighted by Crippen LogP contribution is 2.24. The molecule has 1 heterocycles. The summed E-state index contributed by atoms with van der Waals surface area (Å²) in [6.45, 7) is 1.95. The van der Waals surface area contributed by atoms with Gasteiger partial charge in [-0.25, -0.2) is 0 Å². The van der Waals surface area contributed by atoms with Crippen LogP contribution in [0.5, 0.6) is 5.75 Å². The molecule has 5 heteroatoms. The van der Waals surface area contributed by atoms with Gasteiger partial charge in [0.25, 0.3) is 5.91 Å². The number of hydrogen-bond donors (Lipinski definition) is 2. The SMILES string of the molecule is COc1csc(C(=O)Nc2ccc(C)cc2N)c1. The van der Waals surface area contributed by atoms with Gasteiger partial charge in [-0.05, 0) is 24.6 Å². The topological polar surface area (TPSA) is 64.3 Å². The third kappa shape index (κ3) is 2.62. The molecular formula is C13H14N2O2S. The van der Waals surface area contributed by atoms with Crippen molar-refractivity contribution in [3.05, 3.63) is 40.1 Å². The van der Waals surface area contributed by atoms with Crippen LogP contribution in [0.1, 0.15) is 15.2 Å². The van der Waals surface area contributed by atoms with Crippen molar-refractivity contribution < 1.29 is 9.53 Å². The monoisotopic (exact) mass is 262 g/mol. The highest BCUT2D eigenvalue weighted by molar-refractivity contribution is 7.12. The highest BCUT2D eigenvalue weighted by Gasteiger charge is 2.11. The van der Waals surface area contributed by atoms with E-state index in [4.69, 9.17) is 10.5 Å². The van der Waals surface area contributed by atoms with Gasteiger partial charge < -0.3 is 15.8 Å². The Morgan fingerprint density at radius 1 is 1.39 bits per heavy atom. The van der Waals surface area contributed by atoms with Crippen LogP contribution in [0.25, 0.3) is 0 Å². The van der Waals surface area contributed by atoms with Gasteiger partial charge in [0.2, 0.25) is 0 Å². The third-order valence-electron chi connectivity index (χ3n) is 2.49. The van der Waals surface area contributed by atoms with Crippen molar-refractivity contribution in [2.24, 2.45) is 0 Å². The molecule has 3 N–H and O–H groups in total. The summed E-state index contributed by atoms with van der Waals surface area (Å²) >= 11 is 1.33. The second-order valence-corrected chi connectivity index (χ2v) is 4.81. The van der Waals surface area contributed by atoms with Gasteiger partial charge in [-0.2, -0.15) is 0 Å². The Morgan fingerprint density at radius 3 is 2.78 bits per heavy atom. The van der Waals surface area contributed by atoms with Crippen molar-refractivity contribution in [2.45, 2.75) is 6.92 Å². The van der Waals surface area contributed by atoms with E-state index in [-0.39, 0.29) is 5.91 Å². The maximum absolute atomic E-state index is 12.0. The molecule has 2 aromatic rings. The average Bonchev–Trinajstić information content (AvgIpc) is 2.81. The molecule has 2 rings (SSSR count). The summed E-state index contributed by atoms with van der Waals surface area (Å²) in [5, 5.41) is 4.57. The molecule has 18 heavy (non-hydrogen) atoms. The lowest BCUT2D eigenvalue weighted by Gasteiger charge is -2.07.